The summed E-state index contributed by atoms with van der Waals surface area (Å²) >= 11 is 0. The second-order valence-corrected chi connectivity index (χ2v) is 8.63. The van der Waals surface area contributed by atoms with Gasteiger partial charge in [-0.05, 0) is 38.0 Å². The molecule has 4 rings (SSSR count). The largest absolute Gasteiger partial charge is 0.380 e. The normalized spacial score (nSPS) is 14.2. The van der Waals surface area contributed by atoms with Crippen molar-refractivity contribution in [2.45, 2.75) is 58.0 Å². The van der Waals surface area contributed by atoms with Gasteiger partial charge in [-0.2, -0.15) is 0 Å². The predicted octanol–water partition coefficient (Wildman–Crippen LogP) is 4.67. The summed E-state index contributed by atoms with van der Waals surface area (Å²) in [6.07, 6.45) is 7.94. The molecule has 0 bridgehead atoms. The monoisotopic (exact) mass is 464 g/mol. The van der Waals surface area contributed by atoms with Crippen LogP contribution in [0.25, 0.3) is 11.3 Å². The first-order valence-corrected chi connectivity index (χ1v) is 11.8. The van der Waals surface area contributed by atoms with Gasteiger partial charge < -0.3 is 25.6 Å². The molecule has 2 aromatic heterocycles. The number of nitrogens with one attached hydrogen (secondary N) is 2. The minimum absolute atomic E-state index is 0.125. The van der Waals surface area contributed by atoms with E-state index in [0.29, 0.717) is 30.7 Å². The van der Waals surface area contributed by atoms with Crippen LogP contribution in [0, 0.1) is 6.92 Å². The van der Waals surface area contributed by atoms with Gasteiger partial charge in [0.25, 0.3) is 0 Å². The van der Waals surface area contributed by atoms with Crippen molar-refractivity contribution in [3.8, 4) is 11.3 Å². The molecule has 2 heterocycles. The van der Waals surface area contributed by atoms with E-state index in [1.165, 1.54) is 19.3 Å². The smallest absolute Gasteiger partial charge is 0.227 e. The molecule has 0 radical (unpaired) electrons. The highest BCUT2D eigenvalue weighted by Gasteiger charge is 2.27. The zero-order chi connectivity index (χ0) is 23.9. The summed E-state index contributed by atoms with van der Waals surface area (Å²) in [6.45, 7) is 2.61. The Kier molecular flexibility index (Phi) is 7.87. The third-order valence-corrected chi connectivity index (χ3v) is 6.06. The van der Waals surface area contributed by atoms with Crippen molar-refractivity contribution in [1.82, 2.24) is 15.1 Å². The first-order valence-electron chi connectivity index (χ1n) is 11.8. The maximum atomic E-state index is 11.9. The molecule has 34 heavy (non-hydrogen) atoms. The van der Waals surface area contributed by atoms with Crippen LogP contribution in [0.3, 0.4) is 0 Å². The highest BCUT2D eigenvalue weighted by Crippen LogP contribution is 2.39. The number of carbonyl (C=O) groups is 1. The van der Waals surface area contributed by atoms with Gasteiger partial charge in [-0.25, -0.2) is 9.97 Å². The number of nitrogens with two attached hydrogens (primary N) is 1. The van der Waals surface area contributed by atoms with Crippen molar-refractivity contribution in [1.29, 1.82) is 0 Å². The van der Waals surface area contributed by atoms with Gasteiger partial charge in [-0.1, -0.05) is 30.5 Å². The van der Waals surface area contributed by atoms with Crippen LogP contribution in [-0.2, 0) is 16.1 Å². The van der Waals surface area contributed by atoms with Crippen LogP contribution >= 0.6 is 0 Å². The van der Waals surface area contributed by atoms with E-state index in [2.05, 4.69) is 20.8 Å². The summed E-state index contributed by atoms with van der Waals surface area (Å²) in [5.41, 5.74) is 10.4. The molecule has 0 spiro atoms. The molecule has 9 nitrogen and oxygen atoms in total. The van der Waals surface area contributed by atoms with Crippen molar-refractivity contribution in [2.24, 2.45) is 5.73 Å². The molecule has 1 aliphatic rings. The standard InChI is InChI=1S/C25H32N6O3/c1-16-22(24(31-34-16)17-7-4-3-5-8-17)23-18(15-33-2)14-27-25(30-23)29-20-10-6-9-19(13-20)28-21(32)11-12-26/h6,9-10,13-14,17H,3-5,7-8,11-12,15,26H2,1-2H3,(H,28,32)(H,27,29,30). The van der Waals surface area contributed by atoms with E-state index in [1.54, 1.807) is 13.3 Å². The Balaban J connectivity index is 1.64. The Morgan fingerprint density at radius 3 is 2.79 bits per heavy atom. The topological polar surface area (TPSA) is 128 Å². The van der Waals surface area contributed by atoms with Gasteiger partial charge in [0.1, 0.15) is 5.76 Å². The molecule has 1 saturated carbocycles. The van der Waals surface area contributed by atoms with Gasteiger partial charge in [-0.3, -0.25) is 4.79 Å². The molecule has 1 aromatic carbocycles. The fourth-order valence-electron chi connectivity index (χ4n) is 4.43. The van der Waals surface area contributed by atoms with E-state index in [9.17, 15) is 4.79 Å². The summed E-state index contributed by atoms with van der Waals surface area (Å²) in [5, 5.41) is 10.5. The fourth-order valence-corrected chi connectivity index (χ4v) is 4.43. The minimum Gasteiger partial charge on any atom is -0.380 e. The zero-order valence-corrected chi connectivity index (χ0v) is 19.8. The lowest BCUT2D eigenvalue weighted by Gasteiger charge is -2.21. The quantitative estimate of drug-likeness (QED) is 0.417. The highest BCUT2D eigenvalue weighted by atomic mass is 16.5. The number of carbonyl (C=O) groups excluding carboxylic acids is 1. The molecule has 0 aliphatic heterocycles. The molecule has 0 saturated heterocycles. The van der Waals surface area contributed by atoms with Gasteiger partial charge in [0.15, 0.2) is 0 Å². The Bertz CT molecular complexity index is 1120. The minimum atomic E-state index is -0.125. The molecular formula is C25H32N6O3. The molecular weight excluding hydrogens is 432 g/mol. The SMILES string of the molecule is COCc1cnc(Nc2cccc(NC(=O)CCN)c2)nc1-c1c(C2CCCCC2)noc1C. The number of nitrogens with zero attached hydrogens (tertiary/aromatic N) is 3. The van der Waals surface area contributed by atoms with Crippen LogP contribution < -0.4 is 16.4 Å². The highest BCUT2D eigenvalue weighted by molar-refractivity contribution is 5.91. The van der Waals surface area contributed by atoms with E-state index in [0.717, 1.165) is 46.8 Å². The van der Waals surface area contributed by atoms with Crippen LogP contribution in [0.1, 0.15) is 61.5 Å². The molecule has 0 unspecified atom stereocenters. The van der Waals surface area contributed by atoms with Crippen molar-refractivity contribution in [3.63, 3.8) is 0 Å². The molecule has 3 aromatic rings. The molecule has 1 fully saturated rings. The number of methoxy groups -OCH3 is 1. The Morgan fingerprint density at radius 1 is 1.24 bits per heavy atom. The first-order chi connectivity index (χ1) is 16.6. The van der Waals surface area contributed by atoms with Crippen LogP contribution in [0.2, 0.25) is 0 Å². The number of hydrogen-bond donors (Lipinski definition) is 3. The summed E-state index contributed by atoms with van der Waals surface area (Å²) in [4.78, 5) is 21.2. The molecule has 0 atom stereocenters. The maximum Gasteiger partial charge on any atom is 0.227 e. The fraction of sp³-hybridized carbons (Fsp3) is 0.440. The van der Waals surface area contributed by atoms with E-state index in [1.807, 2.05) is 31.2 Å². The lowest BCUT2D eigenvalue weighted by Crippen LogP contribution is -2.16. The van der Waals surface area contributed by atoms with Crippen molar-refractivity contribution >= 4 is 23.2 Å². The lowest BCUT2D eigenvalue weighted by molar-refractivity contribution is -0.116. The average Bonchev–Trinajstić information content (AvgIpc) is 3.22. The van der Waals surface area contributed by atoms with Gasteiger partial charge in [0, 0.05) is 49.1 Å². The third kappa shape index (κ3) is 5.60. The number of rotatable bonds is 9. The zero-order valence-electron chi connectivity index (χ0n) is 19.8. The van der Waals surface area contributed by atoms with E-state index in [-0.39, 0.29) is 12.3 Å². The summed E-state index contributed by atoms with van der Waals surface area (Å²) in [6, 6.07) is 7.40. The summed E-state index contributed by atoms with van der Waals surface area (Å²) < 4.78 is 11.1. The number of aryl methyl sites for hydroxylation is 1. The third-order valence-electron chi connectivity index (χ3n) is 6.06. The molecule has 180 valence electrons. The molecule has 9 heteroatoms. The first kappa shape index (κ1) is 23.8. The van der Waals surface area contributed by atoms with E-state index >= 15 is 0 Å². The number of benzene rings is 1. The van der Waals surface area contributed by atoms with Gasteiger partial charge >= 0.3 is 0 Å². The maximum absolute atomic E-state index is 11.9. The number of aromatic nitrogens is 3. The number of hydrogen-bond acceptors (Lipinski definition) is 8. The van der Waals surface area contributed by atoms with Crippen molar-refractivity contribution < 1.29 is 14.1 Å². The van der Waals surface area contributed by atoms with Gasteiger partial charge in [0.05, 0.1) is 23.6 Å². The molecule has 4 N–H and O–H groups in total. The molecule has 1 amide bonds. The molecule has 1 aliphatic carbocycles. The van der Waals surface area contributed by atoms with Crippen molar-refractivity contribution in [3.05, 3.63) is 47.5 Å². The summed E-state index contributed by atoms with van der Waals surface area (Å²) in [5.74, 6) is 1.43. The van der Waals surface area contributed by atoms with E-state index < -0.39 is 0 Å². The average molecular weight is 465 g/mol. The van der Waals surface area contributed by atoms with E-state index in [4.69, 9.17) is 20.0 Å². The van der Waals surface area contributed by atoms with Crippen LogP contribution in [0.15, 0.2) is 35.0 Å². The second-order valence-electron chi connectivity index (χ2n) is 8.63. The summed E-state index contributed by atoms with van der Waals surface area (Å²) in [7, 11) is 1.66. The van der Waals surface area contributed by atoms with Crippen LogP contribution in [-0.4, -0.2) is 34.7 Å². The Labute approximate surface area is 199 Å². The van der Waals surface area contributed by atoms with Gasteiger partial charge in [0.2, 0.25) is 11.9 Å². The van der Waals surface area contributed by atoms with Gasteiger partial charge in [-0.15, -0.1) is 0 Å². The Hall–Kier alpha value is -3.30. The predicted molar refractivity (Wildman–Crippen MR) is 131 cm³/mol. The van der Waals surface area contributed by atoms with Crippen LogP contribution in [0.5, 0.6) is 0 Å². The lowest BCUT2D eigenvalue weighted by atomic mass is 9.84. The number of ether oxygens (including phenoxy) is 1. The van der Waals surface area contributed by atoms with Crippen molar-refractivity contribution in [2.75, 3.05) is 24.3 Å². The second kappa shape index (κ2) is 11.2. The Morgan fingerprint density at radius 2 is 2.03 bits per heavy atom. The number of anilines is 3. The van der Waals surface area contributed by atoms with Crippen LogP contribution in [0.4, 0.5) is 17.3 Å². The number of amides is 1.